The standard InChI is InChI=1S/C17H24N2O5/c1-3-23-15(20)10-9-14(17(22)24-4-2)19-16(21)13-7-5-12(11-18)6-8-13/h5-8,14H,3-4,9-11,18H2,1-2H3,(H,19,21)/t14-/m1/s1. The van der Waals surface area contributed by atoms with Crippen molar-refractivity contribution in [3.63, 3.8) is 0 Å². The zero-order valence-corrected chi connectivity index (χ0v) is 14.0. The largest absolute Gasteiger partial charge is 0.466 e. The fraction of sp³-hybridized carbons (Fsp3) is 0.471. The fourth-order valence-corrected chi connectivity index (χ4v) is 2.02. The summed E-state index contributed by atoms with van der Waals surface area (Å²) in [5, 5.41) is 2.60. The smallest absolute Gasteiger partial charge is 0.328 e. The molecule has 0 aromatic heterocycles. The number of benzene rings is 1. The van der Waals surface area contributed by atoms with Gasteiger partial charge in [0.05, 0.1) is 13.2 Å². The average molecular weight is 336 g/mol. The van der Waals surface area contributed by atoms with E-state index in [1.165, 1.54) is 0 Å². The highest BCUT2D eigenvalue weighted by Crippen LogP contribution is 2.07. The van der Waals surface area contributed by atoms with Crippen LogP contribution in [0.5, 0.6) is 0 Å². The highest BCUT2D eigenvalue weighted by atomic mass is 16.5. The number of nitrogens with two attached hydrogens (primary N) is 1. The Morgan fingerprint density at radius 2 is 1.71 bits per heavy atom. The molecule has 0 spiro atoms. The van der Waals surface area contributed by atoms with E-state index in [9.17, 15) is 14.4 Å². The number of hydrogen-bond donors (Lipinski definition) is 2. The lowest BCUT2D eigenvalue weighted by Gasteiger charge is -2.17. The van der Waals surface area contributed by atoms with Crippen LogP contribution in [0.15, 0.2) is 24.3 Å². The predicted molar refractivity (Wildman–Crippen MR) is 88.1 cm³/mol. The number of rotatable bonds is 9. The van der Waals surface area contributed by atoms with E-state index in [0.717, 1.165) is 5.56 Å². The van der Waals surface area contributed by atoms with Crippen LogP contribution in [0.3, 0.4) is 0 Å². The Labute approximate surface area is 141 Å². The molecule has 0 saturated carbocycles. The van der Waals surface area contributed by atoms with Crippen molar-refractivity contribution in [3.05, 3.63) is 35.4 Å². The molecule has 0 heterocycles. The van der Waals surface area contributed by atoms with Crippen molar-refractivity contribution < 1.29 is 23.9 Å². The Morgan fingerprint density at radius 1 is 1.08 bits per heavy atom. The van der Waals surface area contributed by atoms with Gasteiger partial charge in [0.1, 0.15) is 6.04 Å². The molecule has 1 aromatic rings. The van der Waals surface area contributed by atoms with Crippen LogP contribution in [0.4, 0.5) is 0 Å². The first-order valence-corrected chi connectivity index (χ1v) is 7.93. The maximum Gasteiger partial charge on any atom is 0.328 e. The number of hydrogen-bond acceptors (Lipinski definition) is 6. The van der Waals surface area contributed by atoms with Gasteiger partial charge in [-0.15, -0.1) is 0 Å². The fourth-order valence-electron chi connectivity index (χ4n) is 2.02. The van der Waals surface area contributed by atoms with Crippen LogP contribution in [-0.2, 0) is 25.6 Å². The second-order valence-corrected chi connectivity index (χ2v) is 5.02. The Kier molecular flexibility index (Phi) is 8.49. The monoisotopic (exact) mass is 336 g/mol. The summed E-state index contributed by atoms with van der Waals surface area (Å²) in [7, 11) is 0. The van der Waals surface area contributed by atoms with Gasteiger partial charge in [-0.25, -0.2) is 4.79 Å². The molecule has 0 unspecified atom stereocenters. The molecule has 1 amide bonds. The highest BCUT2D eigenvalue weighted by Gasteiger charge is 2.23. The van der Waals surface area contributed by atoms with Gasteiger partial charge in [0.25, 0.3) is 5.91 Å². The molecule has 0 aliphatic rings. The lowest BCUT2D eigenvalue weighted by atomic mass is 10.1. The molecule has 1 atom stereocenters. The molecule has 0 fully saturated rings. The molecule has 0 bridgehead atoms. The molecular formula is C17H24N2O5. The van der Waals surface area contributed by atoms with Crippen LogP contribution >= 0.6 is 0 Å². The van der Waals surface area contributed by atoms with Gasteiger partial charge in [-0.3, -0.25) is 9.59 Å². The molecule has 24 heavy (non-hydrogen) atoms. The van der Waals surface area contributed by atoms with Crippen LogP contribution in [0.25, 0.3) is 0 Å². The molecule has 1 aromatic carbocycles. The number of nitrogens with one attached hydrogen (secondary N) is 1. The second kappa shape index (κ2) is 10.4. The Bertz CT molecular complexity index is 557. The van der Waals surface area contributed by atoms with E-state index in [-0.39, 0.29) is 26.1 Å². The third-order valence-corrected chi connectivity index (χ3v) is 3.27. The summed E-state index contributed by atoms with van der Waals surface area (Å²) in [5.74, 6) is -1.41. The van der Waals surface area contributed by atoms with E-state index in [0.29, 0.717) is 12.1 Å². The maximum absolute atomic E-state index is 12.3. The first kappa shape index (κ1) is 19.6. The first-order chi connectivity index (χ1) is 11.5. The molecule has 0 radical (unpaired) electrons. The SMILES string of the molecule is CCOC(=O)CC[C@@H](NC(=O)c1ccc(CN)cc1)C(=O)OCC. The van der Waals surface area contributed by atoms with Crippen molar-refractivity contribution in [2.45, 2.75) is 39.3 Å². The molecule has 0 aliphatic heterocycles. The summed E-state index contributed by atoms with van der Waals surface area (Å²) in [5.41, 5.74) is 6.82. The summed E-state index contributed by atoms with van der Waals surface area (Å²) in [4.78, 5) is 35.7. The van der Waals surface area contributed by atoms with Crippen molar-refractivity contribution in [3.8, 4) is 0 Å². The van der Waals surface area contributed by atoms with Crippen LogP contribution in [-0.4, -0.2) is 37.1 Å². The van der Waals surface area contributed by atoms with Crippen molar-refractivity contribution in [2.24, 2.45) is 5.73 Å². The van der Waals surface area contributed by atoms with Gasteiger partial charge in [-0.1, -0.05) is 12.1 Å². The number of carbonyl (C=O) groups is 3. The lowest BCUT2D eigenvalue weighted by Crippen LogP contribution is -2.42. The van der Waals surface area contributed by atoms with Gasteiger partial charge >= 0.3 is 11.9 Å². The van der Waals surface area contributed by atoms with Crippen molar-refractivity contribution in [1.29, 1.82) is 0 Å². The second-order valence-electron chi connectivity index (χ2n) is 5.02. The van der Waals surface area contributed by atoms with E-state index in [2.05, 4.69) is 5.32 Å². The summed E-state index contributed by atoms with van der Waals surface area (Å²) in [6.45, 7) is 4.21. The average Bonchev–Trinajstić information content (AvgIpc) is 2.58. The summed E-state index contributed by atoms with van der Waals surface area (Å²) in [6, 6.07) is 5.84. The molecule has 3 N–H and O–H groups in total. The van der Waals surface area contributed by atoms with Crippen LogP contribution in [0, 0.1) is 0 Å². The van der Waals surface area contributed by atoms with Gasteiger partial charge in [0.15, 0.2) is 0 Å². The third-order valence-electron chi connectivity index (χ3n) is 3.27. The maximum atomic E-state index is 12.3. The Morgan fingerprint density at radius 3 is 2.25 bits per heavy atom. The van der Waals surface area contributed by atoms with E-state index in [1.807, 2.05) is 0 Å². The highest BCUT2D eigenvalue weighted by molar-refractivity contribution is 5.96. The summed E-state index contributed by atoms with van der Waals surface area (Å²) in [6.07, 6.45) is 0.133. The summed E-state index contributed by atoms with van der Waals surface area (Å²) >= 11 is 0. The van der Waals surface area contributed by atoms with Crippen molar-refractivity contribution >= 4 is 17.8 Å². The number of carbonyl (C=O) groups excluding carboxylic acids is 3. The van der Waals surface area contributed by atoms with E-state index >= 15 is 0 Å². The number of ether oxygens (including phenoxy) is 2. The molecule has 7 heteroatoms. The van der Waals surface area contributed by atoms with Crippen LogP contribution in [0.2, 0.25) is 0 Å². The first-order valence-electron chi connectivity index (χ1n) is 7.93. The van der Waals surface area contributed by atoms with Gasteiger partial charge in [0, 0.05) is 18.5 Å². The minimum absolute atomic E-state index is 0.0176. The van der Waals surface area contributed by atoms with Gasteiger partial charge < -0.3 is 20.5 Å². The zero-order valence-electron chi connectivity index (χ0n) is 14.0. The van der Waals surface area contributed by atoms with E-state index in [1.54, 1.807) is 38.1 Å². The summed E-state index contributed by atoms with van der Waals surface area (Å²) < 4.78 is 9.78. The normalized spacial score (nSPS) is 11.5. The molecule has 0 saturated heterocycles. The molecule has 0 aliphatic carbocycles. The van der Waals surface area contributed by atoms with Gasteiger partial charge in [-0.05, 0) is 38.0 Å². The van der Waals surface area contributed by atoms with Crippen molar-refractivity contribution in [2.75, 3.05) is 13.2 Å². The molecular weight excluding hydrogens is 312 g/mol. The third kappa shape index (κ3) is 6.37. The Balaban J connectivity index is 2.72. The van der Waals surface area contributed by atoms with E-state index in [4.69, 9.17) is 15.2 Å². The predicted octanol–water partition coefficient (Wildman–Crippen LogP) is 1.15. The van der Waals surface area contributed by atoms with Gasteiger partial charge in [0.2, 0.25) is 0 Å². The topological polar surface area (TPSA) is 108 Å². The van der Waals surface area contributed by atoms with Crippen LogP contribution in [0.1, 0.15) is 42.6 Å². The number of amides is 1. The van der Waals surface area contributed by atoms with Gasteiger partial charge in [-0.2, -0.15) is 0 Å². The number of esters is 2. The lowest BCUT2D eigenvalue weighted by molar-refractivity contribution is -0.146. The molecule has 132 valence electrons. The zero-order chi connectivity index (χ0) is 17.9. The van der Waals surface area contributed by atoms with Crippen molar-refractivity contribution in [1.82, 2.24) is 5.32 Å². The van der Waals surface area contributed by atoms with Crippen LogP contribution < -0.4 is 11.1 Å². The minimum atomic E-state index is -0.906. The Hall–Kier alpha value is -2.41. The van der Waals surface area contributed by atoms with E-state index < -0.39 is 23.9 Å². The molecule has 7 nitrogen and oxygen atoms in total. The quantitative estimate of drug-likeness (QED) is 0.655. The minimum Gasteiger partial charge on any atom is -0.466 e. The molecule has 1 rings (SSSR count).